The van der Waals surface area contributed by atoms with E-state index < -0.39 is 0 Å². The van der Waals surface area contributed by atoms with E-state index in [1.54, 1.807) is 12.3 Å². The van der Waals surface area contributed by atoms with Crippen LogP contribution >= 0.6 is 12.0 Å². The molecule has 0 aliphatic heterocycles. The SMILES string of the molecule is Nc1c(/N=N/c2ccc(-c3ccccc3OCCCCCCO)nc2)cc(SO)c2ccccc12. The van der Waals surface area contributed by atoms with Crippen LogP contribution in [0.3, 0.4) is 0 Å². The van der Waals surface area contributed by atoms with E-state index in [0.717, 1.165) is 53.5 Å². The number of rotatable bonds is 11. The number of azo groups is 1. The molecule has 35 heavy (non-hydrogen) atoms. The minimum absolute atomic E-state index is 0.239. The molecule has 4 N–H and O–H groups in total. The second kappa shape index (κ2) is 12.3. The lowest BCUT2D eigenvalue weighted by Gasteiger charge is -2.11. The van der Waals surface area contributed by atoms with Crippen LogP contribution in [0.25, 0.3) is 22.0 Å². The Morgan fingerprint density at radius 3 is 2.43 bits per heavy atom. The zero-order chi connectivity index (χ0) is 24.5. The average molecular weight is 489 g/mol. The molecule has 0 amide bonds. The molecule has 0 atom stereocenters. The summed E-state index contributed by atoms with van der Waals surface area (Å²) in [6.07, 6.45) is 5.46. The summed E-state index contributed by atoms with van der Waals surface area (Å²) in [5, 5.41) is 19.2. The van der Waals surface area contributed by atoms with Crippen LogP contribution < -0.4 is 10.5 Å². The number of anilines is 1. The van der Waals surface area contributed by atoms with E-state index in [1.165, 1.54) is 0 Å². The van der Waals surface area contributed by atoms with E-state index in [1.807, 2.05) is 60.7 Å². The molecule has 0 saturated heterocycles. The van der Waals surface area contributed by atoms with Gasteiger partial charge in [-0.2, -0.15) is 0 Å². The summed E-state index contributed by atoms with van der Waals surface area (Å²) in [5.74, 6) is 0.787. The number of benzene rings is 3. The zero-order valence-corrected chi connectivity index (χ0v) is 20.1. The van der Waals surface area contributed by atoms with E-state index in [9.17, 15) is 4.55 Å². The van der Waals surface area contributed by atoms with Gasteiger partial charge in [-0.15, -0.1) is 10.2 Å². The van der Waals surface area contributed by atoms with Crippen molar-refractivity contribution in [3.8, 4) is 17.0 Å². The van der Waals surface area contributed by atoms with Gasteiger partial charge < -0.3 is 20.1 Å². The molecule has 8 heteroatoms. The van der Waals surface area contributed by atoms with Gasteiger partial charge >= 0.3 is 0 Å². The first-order valence-electron chi connectivity index (χ1n) is 11.5. The first-order chi connectivity index (χ1) is 17.2. The van der Waals surface area contributed by atoms with Crippen molar-refractivity contribution in [1.29, 1.82) is 0 Å². The van der Waals surface area contributed by atoms with Crippen molar-refractivity contribution in [3.63, 3.8) is 0 Å². The molecular formula is C27H28N4O3S. The Kier molecular flexibility index (Phi) is 8.67. The quantitative estimate of drug-likeness (QED) is 0.0877. The maximum atomic E-state index is 9.67. The fraction of sp³-hybridized carbons (Fsp3) is 0.222. The van der Waals surface area contributed by atoms with Crippen molar-refractivity contribution < 1.29 is 14.4 Å². The Morgan fingerprint density at radius 2 is 1.66 bits per heavy atom. The molecule has 0 spiro atoms. The fourth-order valence-corrected chi connectivity index (χ4v) is 4.22. The molecule has 7 nitrogen and oxygen atoms in total. The van der Waals surface area contributed by atoms with E-state index in [0.29, 0.717) is 40.6 Å². The summed E-state index contributed by atoms with van der Waals surface area (Å²) in [7, 11) is 0. The number of aliphatic hydroxyl groups excluding tert-OH is 1. The molecule has 4 rings (SSSR count). The van der Waals surface area contributed by atoms with Crippen molar-refractivity contribution in [1.82, 2.24) is 4.98 Å². The standard InChI is InChI=1S/C27H28N4O3S/c28-27-21-10-4-3-9-20(21)26(35-33)17-24(27)31-30-19-13-14-23(29-18-19)22-11-5-6-12-25(22)34-16-8-2-1-7-15-32/h3-6,9-14,17-18,32-33H,1-2,7-8,15-16,28H2/b31-30+. The minimum Gasteiger partial charge on any atom is -0.493 e. The molecule has 0 aliphatic rings. The maximum Gasteiger partial charge on any atom is 0.128 e. The van der Waals surface area contributed by atoms with E-state index in [-0.39, 0.29) is 6.61 Å². The summed E-state index contributed by atoms with van der Waals surface area (Å²) in [6, 6.07) is 20.9. The topological polar surface area (TPSA) is 113 Å². The molecule has 3 aromatic carbocycles. The monoisotopic (exact) mass is 488 g/mol. The summed E-state index contributed by atoms with van der Waals surface area (Å²) in [6.45, 7) is 0.860. The maximum absolute atomic E-state index is 9.67. The Labute approximate surface area is 208 Å². The highest BCUT2D eigenvalue weighted by Gasteiger charge is 2.10. The van der Waals surface area contributed by atoms with E-state index in [2.05, 4.69) is 15.2 Å². The largest absolute Gasteiger partial charge is 0.493 e. The Morgan fingerprint density at radius 1 is 0.886 bits per heavy atom. The number of unbranched alkanes of at least 4 members (excludes halogenated alkanes) is 3. The first-order valence-corrected chi connectivity index (χ1v) is 12.3. The summed E-state index contributed by atoms with van der Waals surface area (Å²) < 4.78 is 15.7. The van der Waals surface area contributed by atoms with Crippen LogP contribution in [-0.2, 0) is 0 Å². The number of nitrogens with two attached hydrogens (primary N) is 1. The summed E-state index contributed by atoms with van der Waals surface area (Å²) >= 11 is 0.662. The number of hydrogen-bond donors (Lipinski definition) is 3. The van der Waals surface area contributed by atoms with Gasteiger partial charge in [0.25, 0.3) is 0 Å². The second-order valence-corrected chi connectivity index (χ2v) is 8.65. The number of para-hydroxylation sites is 1. The summed E-state index contributed by atoms with van der Waals surface area (Å²) in [5.41, 5.74) is 9.59. The first kappa shape index (κ1) is 24.7. The van der Waals surface area contributed by atoms with Gasteiger partial charge in [0.05, 0.1) is 24.2 Å². The molecule has 0 radical (unpaired) electrons. The van der Waals surface area contributed by atoms with Crippen LogP contribution in [0, 0.1) is 0 Å². The average Bonchev–Trinajstić information content (AvgIpc) is 2.91. The zero-order valence-electron chi connectivity index (χ0n) is 19.3. The van der Waals surface area contributed by atoms with Crippen molar-refractivity contribution in [2.24, 2.45) is 10.2 Å². The lowest BCUT2D eigenvalue weighted by molar-refractivity contribution is 0.273. The van der Waals surface area contributed by atoms with Gasteiger partial charge in [0.15, 0.2) is 0 Å². The molecule has 1 aromatic heterocycles. The number of hydrogen-bond acceptors (Lipinski definition) is 8. The lowest BCUT2D eigenvalue weighted by atomic mass is 10.1. The normalized spacial score (nSPS) is 11.4. The fourth-order valence-electron chi connectivity index (χ4n) is 3.78. The molecule has 4 aromatic rings. The number of pyridine rings is 1. The van der Waals surface area contributed by atoms with Crippen molar-refractivity contribution in [2.45, 2.75) is 30.6 Å². The third kappa shape index (κ3) is 6.16. The molecule has 1 heterocycles. The molecule has 0 fully saturated rings. The van der Waals surface area contributed by atoms with Crippen LogP contribution in [0.4, 0.5) is 17.1 Å². The molecule has 0 unspecified atom stereocenters. The Balaban J connectivity index is 1.48. The van der Waals surface area contributed by atoms with Crippen LogP contribution in [0.1, 0.15) is 25.7 Å². The number of ether oxygens (including phenoxy) is 1. The molecule has 0 saturated carbocycles. The van der Waals surface area contributed by atoms with Crippen LogP contribution in [-0.4, -0.2) is 27.9 Å². The number of fused-ring (bicyclic) bond motifs is 1. The highest BCUT2D eigenvalue weighted by Crippen LogP contribution is 2.38. The van der Waals surface area contributed by atoms with Gasteiger partial charge in [-0.05, 0) is 55.0 Å². The Hall–Kier alpha value is -3.46. The number of nitrogens with zero attached hydrogens (tertiary/aromatic N) is 3. The highest BCUT2D eigenvalue weighted by molar-refractivity contribution is 7.94. The molecule has 0 aliphatic carbocycles. The van der Waals surface area contributed by atoms with Gasteiger partial charge in [0, 0.05) is 34.5 Å². The predicted molar refractivity (Wildman–Crippen MR) is 142 cm³/mol. The van der Waals surface area contributed by atoms with Crippen molar-refractivity contribution in [3.05, 3.63) is 72.9 Å². The smallest absolute Gasteiger partial charge is 0.128 e. The van der Waals surface area contributed by atoms with Gasteiger partial charge in [-0.25, -0.2) is 0 Å². The lowest BCUT2D eigenvalue weighted by Crippen LogP contribution is -1.99. The van der Waals surface area contributed by atoms with Crippen LogP contribution in [0.5, 0.6) is 5.75 Å². The van der Waals surface area contributed by atoms with Gasteiger partial charge in [-0.3, -0.25) is 4.98 Å². The van der Waals surface area contributed by atoms with Crippen molar-refractivity contribution in [2.75, 3.05) is 18.9 Å². The minimum atomic E-state index is 0.239. The highest BCUT2D eigenvalue weighted by atomic mass is 32.2. The Bertz CT molecular complexity index is 1300. The molecule has 180 valence electrons. The molecular weight excluding hydrogens is 460 g/mol. The number of aliphatic hydroxyl groups is 1. The van der Waals surface area contributed by atoms with Gasteiger partial charge in [0.1, 0.15) is 17.1 Å². The number of aromatic nitrogens is 1. The summed E-state index contributed by atoms with van der Waals surface area (Å²) in [4.78, 5) is 5.23. The van der Waals surface area contributed by atoms with E-state index in [4.69, 9.17) is 15.6 Å². The van der Waals surface area contributed by atoms with Crippen molar-refractivity contribution >= 4 is 39.9 Å². The predicted octanol–water partition coefficient (Wildman–Crippen LogP) is 7.40. The second-order valence-electron chi connectivity index (χ2n) is 8.03. The third-order valence-electron chi connectivity index (χ3n) is 5.62. The van der Waals surface area contributed by atoms with E-state index >= 15 is 0 Å². The molecule has 0 bridgehead atoms. The number of nitrogen functional groups attached to an aromatic ring is 1. The van der Waals surface area contributed by atoms with Crippen LogP contribution in [0.15, 0.2) is 88.1 Å². The van der Waals surface area contributed by atoms with Gasteiger partial charge in [-0.1, -0.05) is 42.8 Å². The third-order valence-corrected chi connectivity index (χ3v) is 6.15. The van der Waals surface area contributed by atoms with Gasteiger partial charge in [0.2, 0.25) is 0 Å². The van der Waals surface area contributed by atoms with Crippen LogP contribution in [0.2, 0.25) is 0 Å².